The highest BCUT2D eigenvalue weighted by Gasteiger charge is 2.20. The number of nitrogens with zero attached hydrogens (tertiary/aromatic N) is 3. The fourth-order valence-corrected chi connectivity index (χ4v) is 4.10. The minimum atomic E-state index is -0.728. The second kappa shape index (κ2) is 9.91. The van der Waals surface area contributed by atoms with Gasteiger partial charge in [0.2, 0.25) is 5.91 Å². The molecule has 0 aliphatic carbocycles. The van der Waals surface area contributed by atoms with Crippen LogP contribution in [0.15, 0.2) is 78.0 Å². The second-order valence-corrected chi connectivity index (χ2v) is 8.14. The lowest BCUT2D eigenvalue weighted by molar-refractivity contribution is -0.119. The number of para-hydroxylation sites is 1. The van der Waals surface area contributed by atoms with Gasteiger partial charge in [-0.25, -0.2) is 13.2 Å². The van der Waals surface area contributed by atoms with E-state index >= 15 is 0 Å². The van der Waals surface area contributed by atoms with Gasteiger partial charge in [0.25, 0.3) is 0 Å². The Bertz CT molecular complexity index is 1280. The molecule has 33 heavy (non-hydrogen) atoms. The average Bonchev–Trinajstić information content (AvgIpc) is 3.22. The fourth-order valence-electron chi connectivity index (χ4n) is 3.33. The molecule has 0 aliphatic heterocycles. The van der Waals surface area contributed by atoms with E-state index in [1.807, 2.05) is 30.3 Å². The van der Waals surface area contributed by atoms with Gasteiger partial charge in [0.15, 0.2) is 11.0 Å². The van der Waals surface area contributed by atoms with Crippen LogP contribution in [0, 0.1) is 17.5 Å². The molecule has 4 aromatic rings. The van der Waals surface area contributed by atoms with E-state index in [1.165, 1.54) is 12.1 Å². The van der Waals surface area contributed by atoms with Crippen LogP contribution < -0.4 is 5.32 Å². The largest absolute Gasteiger partial charge is 0.349 e. The first-order valence-corrected chi connectivity index (χ1v) is 11.1. The van der Waals surface area contributed by atoms with Crippen molar-refractivity contribution < 1.29 is 18.0 Å². The number of hydrogen-bond acceptors (Lipinski definition) is 4. The number of nitrogens with one attached hydrogen (secondary N) is 1. The predicted octanol–water partition coefficient (Wildman–Crippen LogP) is 5.32. The van der Waals surface area contributed by atoms with E-state index in [-0.39, 0.29) is 22.8 Å². The quantitative estimate of drug-likeness (QED) is 0.373. The molecule has 0 radical (unpaired) electrons. The van der Waals surface area contributed by atoms with Gasteiger partial charge in [0.1, 0.15) is 17.5 Å². The highest BCUT2D eigenvalue weighted by Crippen LogP contribution is 2.29. The van der Waals surface area contributed by atoms with E-state index in [4.69, 9.17) is 0 Å². The molecule has 1 N–H and O–H groups in total. The second-order valence-electron chi connectivity index (χ2n) is 7.20. The van der Waals surface area contributed by atoms with Gasteiger partial charge in [-0.1, -0.05) is 48.2 Å². The number of thioether (sulfide) groups is 1. The summed E-state index contributed by atoms with van der Waals surface area (Å²) in [6.07, 6.45) is 0. The van der Waals surface area contributed by atoms with E-state index in [1.54, 1.807) is 29.7 Å². The molecule has 1 unspecified atom stereocenters. The van der Waals surface area contributed by atoms with Gasteiger partial charge in [-0.3, -0.25) is 9.36 Å². The SMILES string of the molecule is CC(NC(=O)CSc1nnc(-c2ccccc2F)n1-c1ccccc1)c1ccc(F)cc1F. The first kappa shape index (κ1) is 22.6. The van der Waals surface area contributed by atoms with Crippen LogP contribution in [-0.2, 0) is 4.79 Å². The van der Waals surface area contributed by atoms with Gasteiger partial charge < -0.3 is 5.32 Å². The summed E-state index contributed by atoms with van der Waals surface area (Å²) in [6.45, 7) is 1.61. The van der Waals surface area contributed by atoms with Crippen molar-refractivity contribution in [3.63, 3.8) is 0 Å². The van der Waals surface area contributed by atoms with Gasteiger partial charge in [-0.15, -0.1) is 10.2 Å². The molecule has 4 rings (SSSR count). The van der Waals surface area contributed by atoms with Crippen LogP contribution >= 0.6 is 11.8 Å². The Morgan fingerprint density at radius 3 is 2.42 bits per heavy atom. The Morgan fingerprint density at radius 1 is 0.970 bits per heavy atom. The number of benzene rings is 3. The van der Waals surface area contributed by atoms with E-state index in [0.29, 0.717) is 16.7 Å². The van der Waals surface area contributed by atoms with Gasteiger partial charge in [0.05, 0.1) is 17.4 Å². The van der Waals surface area contributed by atoms with Crippen LogP contribution in [0.3, 0.4) is 0 Å². The molecule has 3 aromatic carbocycles. The summed E-state index contributed by atoms with van der Waals surface area (Å²) in [6, 6.07) is 18.0. The van der Waals surface area contributed by atoms with E-state index in [2.05, 4.69) is 15.5 Å². The van der Waals surface area contributed by atoms with Crippen molar-refractivity contribution in [2.75, 3.05) is 5.75 Å². The molecule has 1 aromatic heterocycles. The minimum Gasteiger partial charge on any atom is -0.349 e. The highest BCUT2D eigenvalue weighted by molar-refractivity contribution is 7.99. The maximum absolute atomic E-state index is 14.5. The molecule has 1 heterocycles. The van der Waals surface area contributed by atoms with Crippen LogP contribution in [0.4, 0.5) is 13.2 Å². The van der Waals surface area contributed by atoms with E-state index in [0.717, 1.165) is 23.9 Å². The molecule has 9 heteroatoms. The van der Waals surface area contributed by atoms with Crippen molar-refractivity contribution in [3.8, 4) is 17.1 Å². The molecule has 5 nitrogen and oxygen atoms in total. The summed E-state index contributed by atoms with van der Waals surface area (Å²) in [4.78, 5) is 12.5. The lowest BCUT2D eigenvalue weighted by atomic mass is 10.1. The van der Waals surface area contributed by atoms with Crippen molar-refractivity contribution >= 4 is 17.7 Å². The molecule has 1 amide bonds. The zero-order chi connectivity index (χ0) is 23.4. The summed E-state index contributed by atoms with van der Waals surface area (Å²) < 4.78 is 43.3. The normalized spacial score (nSPS) is 11.9. The zero-order valence-electron chi connectivity index (χ0n) is 17.5. The standard InChI is InChI=1S/C24H19F3N4OS/c1-15(18-12-11-16(25)13-21(18)27)28-22(32)14-33-24-30-29-23(19-9-5-6-10-20(19)26)31(24)17-7-3-2-4-8-17/h2-13,15H,14H2,1H3,(H,28,32). The van der Waals surface area contributed by atoms with Crippen molar-refractivity contribution in [1.82, 2.24) is 20.1 Å². The Morgan fingerprint density at radius 2 is 1.70 bits per heavy atom. The van der Waals surface area contributed by atoms with Gasteiger partial charge in [0, 0.05) is 17.3 Å². The molecular weight excluding hydrogens is 449 g/mol. The first-order valence-electron chi connectivity index (χ1n) is 10.1. The Labute approximate surface area is 192 Å². The highest BCUT2D eigenvalue weighted by atomic mass is 32.2. The molecule has 1 atom stereocenters. The van der Waals surface area contributed by atoms with E-state index < -0.39 is 23.5 Å². The number of hydrogen-bond donors (Lipinski definition) is 1. The number of aromatic nitrogens is 3. The van der Waals surface area contributed by atoms with Crippen LogP contribution in [-0.4, -0.2) is 26.4 Å². The fraction of sp³-hybridized carbons (Fsp3) is 0.125. The molecule has 0 aliphatic rings. The molecule has 0 fully saturated rings. The Kier molecular flexibility index (Phi) is 6.79. The Balaban J connectivity index is 1.55. The molecule has 0 saturated carbocycles. The van der Waals surface area contributed by atoms with Gasteiger partial charge >= 0.3 is 0 Å². The van der Waals surface area contributed by atoms with Crippen molar-refractivity contribution in [1.29, 1.82) is 0 Å². The van der Waals surface area contributed by atoms with Crippen molar-refractivity contribution in [3.05, 3.63) is 95.8 Å². The first-order chi connectivity index (χ1) is 15.9. The summed E-state index contributed by atoms with van der Waals surface area (Å²) >= 11 is 1.12. The molecule has 168 valence electrons. The van der Waals surface area contributed by atoms with E-state index in [9.17, 15) is 18.0 Å². The predicted molar refractivity (Wildman–Crippen MR) is 120 cm³/mol. The van der Waals surface area contributed by atoms with Gasteiger partial charge in [-0.05, 0) is 37.3 Å². The minimum absolute atomic E-state index is 0.0323. The topological polar surface area (TPSA) is 59.8 Å². The molecule has 0 saturated heterocycles. The van der Waals surface area contributed by atoms with Crippen LogP contribution in [0.2, 0.25) is 0 Å². The maximum Gasteiger partial charge on any atom is 0.230 e. The number of halogens is 3. The summed E-state index contributed by atoms with van der Waals surface area (Å²) in [7, 11) is 0. The number of carbonyl (C=O) groups excluding carboxylic acids is 1. The Hall–Kier alpha value is -3.59. The van der Waals surface area contributed by atoms with Crippen LogP contribution in [0.1, 0.15) is 18.5 Å². The monoisotopic (exact) mass is 468 g/mol. The number of carbonyl (C=O) groups is 1. The molecular formula is C24H19F3N4OS. The van der Waals surface area contributed by atoms with Crippen LogP contribution in [0.5, 0.6) is 0 Å². The number of rotatable bonds is 7. The van der Waals surface area contributed by atoms with Crippen LogP contribution in [0.25, 0.3) is 17.1 Å². The maximum atomic E-state index is 14.5. The third-order valence-corrected chi connectivity index (χ3v) is 5.83. The summed E-state index contributed by atoms with van der Waals surface area (Å²) in [5, 5.41) is 11.4. The average molecular weight is 469 g/mol. The lowest BCUT2D eigenvalue weighted by Crippen LogP contribution is -2.28. The number of amides is 1. The zero-order valence-corrected chi connectivity index (χ0v) is 18.3. The summed E-state index contributed by atoms with van der Waals surface area (Å²) in [5.74, 6) is -1.94. The molecule has 0 spiro atoms. The summed E-state index contributed by atoms with van der Waals surface area (Å²) in [5.41, 5.74) is 1.18. The molecule has 0 bridgehead atoms. The van der Waals surface area contributed by atoms with Crippen molar-refractivity contribution in [2.24, 2.45) is 0 Å². The lowest BCUT2D eigenvalue weighted by Gasteiger charge is -2.15. The smallest absolute Gasteiger partial charge is 0.230 e. The van der Waals surface area contributed by atoms with Gasteiger partial charge in [-0.2, -0.15) is 0 Å². The third-order valence-electron chi connectivity index (χ3n) is 4.90. The van der Waals surface area contributed by atoms with Crippen molar-refractivity contribution in [2.45, 2.75) is 18.1 Å². The third kappa shape index (κ3) is 5.09.